The molecule has 1 saturated heterocycles. The fraction of sp³-hybridized carbons (Fsp3) is 0.192. The normalized spacial score (nSPS) is 18.2. The summed E-state index contributed by atoms with van der Waals surface area (Å²) < 4.78 is 28.4. The standard InChI is InChI=1S/C26H25NO3S/c1-19(2)24-18-26(21-10-6-4-7-11-21,22-12-8-5-9-13-22)25(28)27(24)31(29,30)23-16-14-20(3)15-17-23/h4-17,24H,1,18H2,2-3H3. The van der Waals surface area contributed by atoms with Crippen molar-refractivity contribution in [3.63, 3.8) is 0 Å². The zero-order valence-corrected chi connectivity index (χ0v) is 18.5. The van der Waals surface area contributed by atoms with Crippen molar-refractivity contribution in [2.24, 2.45) is 0 Å². The minimum Gasteiger partial charge on any atom is -0.272 e. The van der Waals surface area contributed by atoms with Gasteiger partial charge in [-0.2, -0.15) is 0 Å². The third kappa shape index (κ3) is 3.39. The topological polar surface area (TPSA) is 54.5 Å². The number of benzene rings is 3. The van der Waals surface area contributed by atoms with Gasteiger partial charge in [-0.15, -0.1) is 0 Å². The molecule has 0 radical (unpaired) electrons. The molecular formula is C26H25NO3S. The van der Waals surface area contributed by atoms with E-state index in [4.69, 9.17) is 0 Å². The first-order chi connectivity index (χ1) is 14.8. The van der Waals surface area contributed by atoms with Crippen molar-refractivity contribution in [3.05, 3.63) is 114 Å². The van der Waals surface area contributed by atoms with E-state index in [0.717, 1.165) is 21.0 Å². The van der Waals surface area contributed by atoms with Gasteiger partial charge in [-0.05, 0) is 43.5 Å². The molecule has 1 aliphatic rings. The molecule has 1 heterocycles. The Morgan fingerprint density at radius 3 is 1.84 bits per heavy atom. The van der Waals surface area contributed by atoms with E-state index < -0.39 is 27.4 Å². The molecule has 4 nitrogen and oxygen atoms in total. The molecule has 0 saturated carbocycles. The molecule has 1 fully saturated rings. The lowest BCUT2D eigenvalue weighted by Crippen LogP contribution is -2.43. The smallest absolute Gasteiger partial charge is 0.267 e. The van der Waals surface area contributed by atoms with Gasteiger partial charge in [0.1, 0.15) is 5.41 Å². The number of rotatable bonds is 5. The van der Waals surface area contributed by atoms with Crippen LogP contribution in [0.4, 0.5) is 0 Å². The highest BCUT2D eigenvalue weighted by molar-refractivity contribution is 7.89. The molecule has 1 amide bonds. The highest BCUT2D eigenvalue weighted by atomic mass is 32.2. The summed E-state index contributed by atoms with van der Waals surface area (Å²) in [6, 6.07) is 24.8. The molecule has 5 heteroatoms. The maximum atomic E-state index is 14.1. The van der Waals surface area contributed by atoms with Gasteiger partial charge in [-0.3, -0.25) is 4.79 Å². The average molecular weight is 432 g/mol. The van der Waals surface area contributed by atoms with Gasteiger partial charge >= 0.3 is 0 Å². The lowest BCUT2D eigenvalue weighted by atomic mass is 9.72. The molecule has 3 aromatic rings. The highest BCUT2D eigenvalue weighted by Crippen LogP contribution is 2.48. The van der Waals surface area contributed by atoms with Gasteiger partial charge in [0.15, 0.2) is 0 Å². The zero-order valence-electron chi connectivity index (χ0n) is 17.7. The van der Waals surface area contributed by atoms with Crippen LogP contribution in [0.15, 0.2) is 102 Å². The van der Waals surface area contributed by atoms with Crippen LogP contribution in [0.3, 0.4) is 0 Å². The average Bonchev–Trinajstić information content (AvgIpc) is 3.10. The third-order valence-corrected chi connectivity index (χ3v) is 7.83. The summed E-state index contributed by atoms with van der Waals surface area (Å²) in [6.45, 7) is 7.71. The van der Waals surface area contributed by atoms with E-state index >= 15 is 0 Å². The van der Waals surface area contributed by atoms with E-state index in [9.17, 15) is 13.2 Å². The van der Waals surface area contributed by atoms with Crippen LogP contribution in [-0.4, -0.2) is 24.7 Å². The minimum absolute atomic E-state index is 0.106. The number of carbonyl (C=O) groups is 1. The fourth-order valence-electron chi connectivity index (χ4n) is 4.36. The van der Waals surface area contributed by atoms with Gasteiger partial charge in [0.25, 0.3) is 15.9 Å². The number of carbonyl (C=O) groups excluding carboxylic acids is 1. The van der Waals surface area contributed by atoms with Crippen molar-refractivity contribution < 1.29 is 13.2 Å². The Bertz CT molecular complexity index is 1180. The van der Waals surface area contributed by atoms with E-state index in [-0.39, 0.29) is 4.90 Å². The second-order valence-corrected chi connectivity index (χ2v) is 9.94. The molecule has 3 aromatic carbocycles. The maximum Gasteiger partial charge on any atom is 0.267 e. The molecule has 1 aliphatic heterocycles. The predicted octanol–water partition coefficient (Wildman–Crippen LogP) is 4.85. The molecule has 1 unspecified atom stereocenters. The fourth-order valence-corrected chi connectivity index (χ4v) is 6.03. The van der Waals surface area contributed by atoms with Crippen LogP contribution in [0.1, 0.15) is 30.0 Å². The summed E-state index contributed by atoms with van der Waals surface area (Å²) in [5.41, 5.74) is 2.03. The second kappa shape index (κ2) is 7.82. The van der Waals surface area contributed by atoms with Crippen molar-refractivity contribution in [2.45, 2.75) is 36.6 Å². The van der Waals surface area contributed by atoms with Crippen LogP contribution in [0, 0.1) is 6.92 Å². The summed E-state index contributed by atoms with van der Waals surface area (Å²) in [4.78, 5) is 14.2. The van der Waals surface area contributed by atoms with Gasteiger partial charge in [0.2, 0.25) is 0 Å². The van der Waals surface area contributed by atoms with Crippen molar-refractivity contribution in [1.82, 2.24) is 4.31 Å². The maximum absolute atomic E-state index is 14.1. The Morgan fingerprint density at radius 2 is 1.39 bits per heavy atom. The highest BCUT2D eigenvalue weighted by Gasteiger charge is 2.57. The van der Waals surface area contributed by atoms with E-state index in [1.165, 1.54) is 0 Å². The predicted molar refractivity (Wildman–Crippen MR) is 122 cm³/mol. The molecule has 0 spiro atoms. The van der Waals surface area contributed by atoms with Crippen LogP contribution in [0.2, 0.25) is 0 Å². The minimum atomic E-state index is -4.06. The van der Waals surface area contributed by atoms with Crippen LogP contribution in [0.5, 0.6) is 0 Å². The lowest BCUT2D eigenvalue weighted by molar-refractivity contribution is -0.127. The van der Waals surface area contributed by atoms with Gasteiger partial charge in [-0.25, -0.2) is 12.7 Å². The van der Waals surface area contributed by atoms with Crippen LogP contribution < -0.4 is 0 Å². The van der Waals surface area contributed by atoms with Gasteiger partial charge in [0.05, 0.1) is 10.9 Å². The monoisotopic (exact) mass is 431 g/mol. The van der Waals surface area contributed by atoms with Crippen LogP contribution >= 0.6 is 0 Å². The van der Waals surface area contributed by atoms with E-state index in [1.807, 2.05) is 67.6 Å². The first-order valence-electron chi connectivity index (χ1n) is 10.2. The lowest BCUT2D eigenvalue weighted by Gasteiger charge is -2.29. The van der Waals surface area contributed by atoms with E-state index in [1.54, 1.807) is 31.2 Å². The Labute approximate surface area is 183 Å². The summed E-state index contributed by atoms with van der Waals surface area (Å²) in [7, 11) is -4.06. The molecule has 0 aliphatic carbocycles. The SMILES string of the molecule is C=C(C)C1CC(c2ccccc2)(c2ccccc2)C(=O)N1S(=O)(=O)c1ccc(C)cc1. The quantitative estimate of drug-likeness (QED) is 0.543. The van der Waals surface area contributed by atoms with Gasteiger partial charge in [0, 0.05) is 0 Å². The number of amides is 1. The van der Waals surface area contributed by atoms with E-state index in [2.05, 4.69) is 6.58 Å². The van der Waals surface area contributed by atoms with Crippen molar-refractivity contribution in [2.75, 3.05) is 0 Å². The molecule has 0 bridgehead atoms. The first-order valence-corrected chi connectivity index (χ1v) is 11.6. The Balaban J connectivity index is 1.95. The summed E-state index contributed by atoms with van der Waals surface area (Å²) in [5.74, 6) is -0.446. The zero-order chi connectivity index (χ0) is 22.2. The molecule has 0 N–H and O–H groups in total. The number of sulfonamides is 1. The Hall–Kier alpha value is -3.18. The summed E-state index contributed by atoms with van der Waals surface area (Å²) >= 11 is 0. The largest absolute Gasteiger partial charge is 0.272 e. The molecule has 4 rings (SSSR count). The van der Waals surface area contributed by atoms with Crippen LogP contribution in [-0.2, 0) is 20.2 Å². The summed E-state index contributed by atoms with van der Waals surface area (Å²) in [5, 5.41) is 0. The number of aryl methyl sites for hydroxylation is 1. The van der Waals surface area contributed by atoms with Gasteiger partial charge < -0.3 is 0 Å². The van der Waals surface area contributed by atoms with Crippen molar-refractivity contribution in [3.8, 4) is 0 Å². The Morgan fingerprint density at radius 1 is 0.903 bits per heavy atom. The van der Waals surface area contributed by atoms with Crippen molar-refractivity contribution >= 4 is 15.9 Å². The summed E-state index contributed by atoms with van der Waals surface area (Å²) in [6.07, 6.45) is 0.306. The number of nitrogens with zero attached hydrogens (tertiary/aromatic N) is 1. The van der Waals surface area contributed by atoms with E-state index in [0.29, 0.717) is 12.0 Å². The number of hydrogen-bond acceptors (Lipinski definition) is 3. The third-order valence-electron chi connectivity index (χ3n) is 6.03. The second-order valence-electron chi connectivity index (χ2n) is 8.12. The first kappa shape index (κ1) is 21.1. The van der Waals surface area contributed by atoms with Crippen molar-refractivity contribution in [1.29, 1.82) is 0 Å². The molecule has 0 aromatic heterocycles. The molecule has 1 atom stereocenters. The molecule has 31 heavy (non-hydrogen) atoms. The van der Waals surface area contributed by atoms with Gasteiger partial charge in [-0.1, -0.05) is 90.5 Å². The Kier molecular flexibility index (Phi) is 5.31. The molecule has 158 valence electrons. The molecular weight excluding hydrogens is 406 g/mol. The van der Waals surface area contributed by atoms with Crippen LogP contribution in [0.25, 0.3) is 0 Å². The number of hydrogen-bond donors (Lipinski definition) is 0.